The number of fused-ring (bicyclic) bond motifs is 1. The molecular weight excluding hydrogens is 439 g/mol. The number of hydrogen-bond acceptors (Lipinski definition) is 3. The van der Waals surface area contributed by atoms with Crippen LogP contribution in [0, 0.1) is 5.41 Å². The Balaban J connectivity index is 1.89. The Bertz CT molecular complexity index is 936. The summed E-state index contributed by atoms with van der Waals surface area (Å²) in [5, 5.41) is 3.16. The summed E-state index contributed by atoms with van der Waals surface area (Å²) in [5.41, 5.74) is 1.84. The lowest BCUT2D eigenvalue weighted by molar-refractivity contribution is -0.142. The van der Waals surface area contributed by atoms with Crippen LogP contribution in [0.15, 0.2) is 29.6 Å². The summed E-state index contributed by atoms with van der Waals surface area (Å²) in [5.74, 6) is -0.0559. The molecule has 30 heavy (non-hydrogen) atoms. The van der Waals surface area contributed by atoms with Crippen molar-refractivity contribution in [2.45, 2.75) is 46.6 Å². The van der Waals surface area contributed by atoms with E-state index in [1.54, 1.807) is 28.4 Å². The summed E-state index contributed by atoms with van der Waals surface area (Å²) in [4.78, 5) is 30.9. The smallest absolute Gasteiger partial charge is 0.242 e. The number of carbonyl (C=O) groups is 2. The first-order valence-corrected chi connectivity index (χ1v) is 11.8. The number of amides is 2. The van der Waals surface area contributed by atoms with Crippen LogP contribution in [-0.2, 0) is 16.0 Å². The molecule has 2 amide bonds. The third kappa shape index (κ3) is 5.19. The van der Waals surface area contributed by atoms with E-state index in [1.807, 2.05) is 38.7 Å². The molecule has 0 bridgehead atoms. The van der Waals surface area contributed by atoms with Gasteiger partial charge in [-0.25, -0.2) is 0 Å². The molecule has 1 atom stereocenters. The molecule has 0 radical (unpaired) electrons. The van der Waals surface area contributed by atoms with Crippen LogP contribution in [0.4, 0.5) is 0 Å². The van der Waals surface area contributed by atoms with Crippen molar-refractivity contribution in [3.05, 3.63) is 55.7 Å². The minimum Gasteiger partial charge on any atom is -0.334 e. The maximum absolute atomic E-state index is 13.4. The van der Waals surface area contributed by atoms with Crippen LogP contribution in [0.5, 0.6) is 0 Å². The quantitative estimate of drug-likeness (QED) is 0.557. The summed E-state index contributed by atoms with van der Waals surface area (Å²) in [6.45, 7) is 9.18. The van der Waals surface area contributed by atoms with Gasteiger partial charge in [-0.05, 0) is 53.5 Å². The van der Waals surface area contributed by atoms with Crippen LogP contribution < -0.4 is 0 Å². The first kappa shape index (κ1) is 23.1. The van der Waals surface area contributed by atoms with Crippen molar-refractivity contribution in [3.63, 3.8) is 0 Å². The zero-order valence-electron chi connectivity index (χ0n) is 17.9. The van der Waals surface area contributed by atoms with Gasteiger partial charge < -0.3 is 9.80 Å². The molecule has 1 aliphatic rings. The van der Waals surface area contributed by atoms with E-state index in [9.17, 15) is 9.59 Å². The van der Waals surface area contributed by atoms with Crippen molar-refractivity contribution in [3.8, 4) is 0 Å². The molecular formula is C23H28Cl2N2O2S. The van der Waals surface area contributed by atoms with Gasteiger partial charge >= 0.3 is 0 Å². The lowest BCUT2D eigenvalue weighted by atomic mass is 9.91. The maximum Gasteiger partial charge on any atom is 0.242 e. The highest BCUT2D eigenvalue weighted by molar-refractivity contribution is 7.10. The van der Waals surface area contributed by atoms with Gasteiger partial charge in [0.25, 0.3) is 0 Å². The second kappa shape index (κ2) is 9.29. The molecule has 7 heteroatoms. The van der Waals surface area contributed by atoms with Gasteiger partial charge in [0.2, 0.25) is 11.8 Å². The fourth-order valence-corrected chi connectivity index (χ4v) is 5.26. The highest BCUT2D eigenvalue weighted by Gasteiger charge is 2.35. The number of thiophene rings is 1. The van der Waals surface area contributed by atoms with Crippen molar-refractivity contribution >= 4 is 46.4 Å². The lowest BCUT2D eigenvalue weighted by Crippen LogP contribution is -2.47. The summed E-state index contributed by atoms with van der Waals surface area (Å²) in [6, 6.07) is 7.21. The molecule has 3 rings (SSSR count). The number of benzene rings is 1. The number of likely N-dealkylation sites (N-methyl/N-ethyl adjacent to an activating group) is 1. The normalized spacial score (nSPS) is 16.3. The number of nitrogens with zero attached hydrogens (tertiary/aromatic N) is 2. The minimum atomic E-state index is -0.270. The molecule has 0 saturated heterocycles. The molecule has 4 nitrogen and oxygen atoms in total. The summed E-state index contributed by atoms with van der Waals surface area (Å²) >= 11 is 14.3. The fraction of sp³-hybridized carbons (Fsp3) is 0.478. The van der Waals surface area contributed by atoms with Crippen LogP contribution in [0.2, 0.25) is 10.0 Å². The SMILES string of the molecule is CCN(CC(=O)N1CCc2sccc2C1c1ccc(Cl)cc1Cl)C(=O)CC(C)(C)C. The van der Waals surface area contributed by atoms with Crippen LogP contribution in [0.25, 0.3) is 0 Å². The third-order valence-electron chi connectivity index (χ3n) is 5.29. The van der Waals surface area contributed by atoms with Crippen LogP contribution in [0.1, 0.15) is 56.2 Å². The summed E-state index contributed by atoms with van der Waals surface area (Å²) < 4.78 is 0. The van der Waals surface area contributed by atoms with E-state index in [4.69, 9.17) is 23.2 Å². The van der Waals surface area contributed by atoms with Gasteiger partial charge in [-0.3, -0.25) is 9.59 Å². The summed E-state index contributed by atoms with van der Waals surface area (Å²) in [7, 11) is 0. The van der Waals surface area contributed by atoms with Crippen molar-refractivity contribution < 1.29 is 9.59 Å². The van der Waals surface area contributed by atoms with Gasteiger partial charge in [0, 0.05) is 34.4 Å². The number of hydrogen-bond donors (Lipinski definition) is 0. The molecule has 162 valence electrons. The first-order chi connectivity index (χ1) is 14.1. The number of rotatable bonds is 5. The Morgan fingerprint density at radius 2 is 1.93 bits per heavy atom. The lowest BCUT2D eigenvalue weighted by Gasteiger charge is -2.38. The highest BCUT2D eigenvalue weighted by atomic mass is 35.5. The molecule has 0 spiro atoms. The highest BCUT2D eigenvalue weighted by Crippen LogP contribution is 2.41. The summed E-state index contributed by atoms with van der Waals surface area (Å²) in [6.07, 6.45) is 1.22. The second-order valence-corrected chi connectivity index (χ2v) is 10.7. The van der Waals surface area contributed by atoms with E-state index in [0.717, 1.165) is 17.5 Å². The van der Waals surface area contributed by atoms with Gasteiger partial charge in [0.05, 0.1) is 12.6 Å². The largest absolute Gasteiger partial charge is 0.334 e. The Morgan fingerprint density at radius 3 is 2.57 bits per heavy atom. The standard InChI is InChI=1S/C23H28Cl2N2O2S/c1-5-26(20(28)13-23(2,3)4)14-21(29)27-10-8-19-17(9-11-30-19)22(27)16-7-6-15(24)12-18(16)25/h6-7,9,11-12,22H,5,8,10,13-14H2,1-4H3. The molecule has 0 N–H and O–H groups in total. The van der Waals surface area contributed by atoms with Gasteiger partial charge in [0.1, 0.15) is 0 Å². The predicted octanol–water partition coefficient (Wildman–Crippen LogP) is 5.81. The molecule has 1 aromatic heterocycles. The molecule has 2 heterocycles. The minimum absolute atomic E-state index is 0.00709. The van der Waals surface area contributed by atoms with E-state index in [0.29, 0.717) is 29.6 Å². The van der Waals surface area contributed by atoms with Crippen molar-refractivity contribution in [1.82, 2.24) is 9.80 Å². The third-order valence-corrected chi connectivity index (χ3v) is 6.84. The maximum atomic E-state index is 13.4. The van der Waals surface area contributed by atoms with Gasteiger partial charge in [-0.15, -0.1) is 11.3 Å². The van der Waals surface area contributed by atoms with Crippen molar-refractivity contribution in [2.75, 3.05) is 19.6 Å². The topological polar surface area (TPSA) is 40.6 Å². The fourth-order valence-electron chi connectivity index (χ4n) is 3.84. The van der Waals surface area contributed by atoms with E-state index < -0.39 is 0 Å². The van der Waals surface area contributed by atoms with Gasteiger partial charge in [-0.2, -0.15) is 0 Å². The monoisotopic (exact) mass is 466 g/mol. The first-order valence-electron chi connectivity index (χ1n) is 10.2. The molecule has 2 aromatic rings. The van der Waals surface area contributed by atoms with E-state index in [-0.39, 0.29) is 29.8 Å². The van der Waals surface area contributed by atoms with Crippen LogP contribution in [-0.4, -0.2) is 41.2 Å². The Hall–Kier alpha value is -1.56. The Labute approximate surface area is 192 Å². The van der Waals surface area contributed by atoms with Crippen molar-refractivity contribution in [2.24, 2.45) is 5.41 Å². The van der Waals surface area contributed by atoms with Crippen LogP contribution >= 0.6 is 34.5 Å². The van der Waals surface area contributed by atoms with E-state index in [1.165, 1.54) is 4.88 Å². The molecule has 1 aliphatic heterocycles. The molecule has 0 aliphatic carbocycles. The molecule has 1 unspecified atom stereocenters. The Kier molecular flexibility index (Phi) is 7.16. The predicted molar refractivity (Wildman–Crippen MR) is 124 cm³/mol. The van der Waals surface area contributed by atoms with Crippen molar-refractivity contribution in [1.29, 1.82) is 0 Å². The second-order valence-electron chi connectivity index (χ2n) is 8.85. The van der Waals surface area contributed by atoms with E-state index in [2.05, 4.69) is 11.4 Å². The zero-order chi connectivity index (χ0) is 22.1. The average molecular weight is 467 g/mol. The van der Waals surface area contributed by atoms with Crippen LogP contribution in [0.3, 0.4) is 0 Å². The van der Waals surface area contributed by atoms with E-state index >= 15 is 0 Å². The molecule has 0 saturated carbocycles. The number of carbonyl (C=O) groups excluding carboxylic acids is 2. The Morgan fingerprint density at radius 1 is 1.20 bits per heavy atom. The average Bonchev–Trinajstić information content (AvgIpc) is 3.13. The van der Waals surface area contributed by atoms with Gasteiger partial charge in [0.15, 0.2) is 0 Å². The van der Waals surface area contributed by atoms with Gasteiger partial charge in [-0.1, -0.05) is 50.0 Å². The zero-order valence-corrected chi connectivity index (χ0v) is 20.2. The molecule has 0 fully saturated rings. The molecule has 1 aromatic carbocycles. The number of halogens is 2.